The number of hydrogen-bond donors (Lipinski definition) is 1. The summed E-state index contributed by atoms with van der Waals surface area (Å²) in [6.07, 6.45) is 3.19. The highest BCUT2D eigenvalue weighted by molar-refractivity contribution is 6.31. The molecule has 1 N–H and O–H groups in total. The second-order valence-corrected chi connectivity index (χ2v) is 5.64. The predicted molar refractivity (Wildman–Crippen MR) is 83.1 cm³/mol. The van der Waals surface area contributed by atoms with Gasteiger partial charge in [0.1, 0.15) is 0 Å². The Morgan fingerprint density at radius 2 is 2.11 bits per heavy atom. The fraction of sp³-hybridized carbons (Fsp3) is 0.786. The second kappa shape index (κ2) is 8.83. The Balaban J connectivity index is 2.42. The van der Waals surface area contributed by atoms with E-state index in [2.05, 4.69) is 31.2 Å². The molecule has 0 radical (unpaired) electrons. The maximum atomic E-state index is 6.35. The molecule has 0 amide bonds. The van der Waals surface area contributed by atoms with Gasteiger partial charge in [0, 0.05) is 19.0 Å². The molecule has 0 saturated heterocycles. The van der Waals surface area contributed by atoms with Gasteiger partial charge >= 0.3 is 0 Å². The Morgan fingerprint density at radius 3 is 2.68 bits per heavy atom. The van der Waals surface area contributed by atoms with Crippen molar-refractivity contribution < 1.29 is 0 Å². The minimum Gasteiger partial charge on any atom is -0.311 e. The molecule has 110 valence electrons. The van der Waals surface area contributed by atoms with Gasteiger partial charge in [0.2, 0.25) is 0 Å². The molecular weight excluding hydrogens is 281 g/mol. The first-order valence-corrected chi connectivity index (χ1v) is 8.05. The predicted octanol–water partition coefficient (Wildman–Crippen LogP) is 3.86. The van der Waals surface area contributed by atoms with Crippen LogP contribution in [-0.2, 0) is 19.5 Å². The van der Waals surface area contributed by atoms with Crippen LogP contribution in [0.1, 0.15) is 45.0 Å². The molecule has 0 spiro atoms. The Hall–Kier alpha value is -0.250. The summed E-state index contributed by atoms with van der Waals surface area (Å²) in [6, 6.07) is 0. The summed E-state index contributed by atoms with van der Waals surface area (Å²) in [5, 5.41) is 8.79. The van der Waals surface area contributed by atoms with Gasteiger partial charge < -0.3 is 5.32 Å². The van der Waals surface area contributed by atoms with Gasteiger partial charge in [0.15, 0.2) is 0 Å². The normalized spacial score (nSPS) is 12.9. The van der Waals surface area contributed by atoms with Crippen LogP contribution in [0.25, 0.3) is 0 Å². The molecule has 0 aliphatic rings. The van der Waals surface area contributed by atoms with E-state index in [-0.39, 0.29) is 0 Å². The average Bonchev–Trinajstić information content (AvgIpc) is 2.74. The van der Waals surface area contributed by atoms with Gasteiger partial charge in [-0.05, 0) is 38.6 Å². The fourth-order valence-electron chi connectivity index (χ4n) is 2.05. The van der Waals surface area contributed by atoms with E-state index in [1.165, 1.54) is 0 Å². The third kappa shape index (κ3) is 4.97. The topological polar surface area (TPSA) is 29.9 Å². The Kier molecular flexibility index (Phi) is 7.81. The highest BCUT2D eigenvalue weighted by atomic mass is 35.5. The van der Waals surface area contributed by atoms with E-state index in [0.29, 0.717) is 5.92 Å². The van der Waals surface area contributed by atoms with Crippen molar-refractivity contribution in [2.45, 2.75) is 53.1 Å². The van der Waals surface area contributed by atoms with Crippen LogP contribution < -0.4 is 5.32 Å². The van der Waals surface area contributed by atoms with Gasteiger partial charge in [-0.1, -0.05) is 25.4 Å². The molecule has 0 saturated carbocycles. The van der Waals surface area contributed by atoms with Gasteiger partial charge in [-0.3, -0.25) is 4.68 Å². The first kappa shape index (κ1) is 16.8. The van der Waals surface area contributed by atoms with Crippen LogP contribution in [-0.4, -0.2) is 22.2 Å². The lowest BCUT2D eigenvalue weighted by Crippen LogP contribution is -2.18. The summed E-state index contributed by atoms with van der Waals surface area (Å²) in [6.45, 7) is 9.00. The molecule has 1 aromatic heterocycles. The molecule has 1 atom stereocenters. The van der Waals surface area contributed by atoms with Crippen molar-refractivity contribution in [3.63, 3.8) is 0 Å². The van der Waals surface area contributed by atoms with Gasteiger partial charge in [0.25, 0.3) is 0 Å². The average molecular weight is 306 g/mol. The maximum Gasteiger partial charge on any atom is 0.0863 e. The molecule has 0 aliphatic heterocycles. The summed E-state index contributed by atoms with van der Waals surface area (Å²) < 4.78 is 2.00. The summed E-state index contributed by atoms with van der Waals surface area (Å²) in [5.41, 5.74) is 2.10. The monoisotopic (exact) mass is 305 g/mol. The molecule has 3 nitrogen and oxygen atoms in total. The number of nitrogens with one attached hydrogen (secondary N) is 1. The lowest BCUT2D eigenvalue weighted by atomic mass is 10.1. The molecule has 1 aromatic rings. The van der Waals surface area contributed by atoms with Gasteiger partial charge in [-0.2, -0.15) is 5.10 Å². The van der Waals surface area contributed by atoms with Crippen molar-refractivity contribution in [3.8, 4) is 0 Å². The van der Waals surface area contributed by atoms with Crippen molar-refractivity contribution in [2.75, 3.05) is 12.4 Å². The Bertz CT molecular complexity index is 377. The quantitative estimate of drug-likeness (QED) is 0.554. The first-order valence-electron chi connectivity index (χ1n) is 7.14. The highest BCUT2D eigenvalue weighted by Gasteiger charge is 2.13. The fourth-order valence-corrected chi connectivity index (χ4v) is 2.54. The van der Waals surface area contributed by atoms with Crippen LogP contribution in [0, 0.1) is 5.92 Å². The van der Waals surface area contributed by atoms with E-state index in [0.717, 1.165) is 61.2 Å². The van der Waals surface area contributed by atoms with Crippen LogP contribution >= 0.6 is 23.2 Å². The van der Waals surface area contributed by atoms with Crippen LogP contribution in [0.2, 0.25) is 5.02 Å². The molecule has 1 heterocycles. The molecule has 1 rings (SSSR count). The third-order valence-corrected chi connectivity index (χ3v) is 4.26. The van der Waals surface area contributed by atoms with Gasteiger partial charge in [-0.15, -0.1) is 11.6 Å². The Morgan fingerprint density at radius 1 is 1.37 bits per heavy atom. The number of alkyl halides is 1. The number of aromatic nitrogens is 2. The second-order valence-electron chi connectivity index (χ2n) is 4.96. The summed E-state index contributed by atoms with van der Waals surface area (Å²) in [7, 11) is 0. The van der Waals surface area contributed by atoms with Crippen molar-refractivity contribution >= 4 is 23.2 Å². The lowest BCUT2D eigenvalue weighted by molar-refractivity contribution is 0.518. The molecule has 1 unspecified atom stereocenters. The maximum absolute atomic E-state index is 6.35. The van der Waals surface area contributed by atoms with Gasteiger partial charge in [-0.25, -0.2) is 0 Å². The van der Waals surface area contributed by atoms with E-state index in [1.54, 1.807) is 0 Å². The zero-order chi connectivity index (χ0) is 14.3. The van der Waals surface area contributed by atoms with Crippen LogP contribution in [0.15, 0.2) is 0 Å². The molecule has 0 aromatic carbocycles. The molecule has 0 fully saturated rings. The molecule has 5 heteroatoms. The molecule has 0 bridgehead atoms. The van der Waals surface area contributed by atoms with E-state index in [9.17, 15) is 0 Å². The van der Waals surface area contributed by atoms with Crippen molar-refractivity contribution in [2.24, 2.45) is 5.92 Å². The number of halogens is 2. The lowest BCUT2D eigenvalue weighted by Gasteiger charge is -2.09. The summed E-state index contributed by atoms with van der Waals surface area (Å²) in [5.74, 6) is 1.34. The van der Waals surface area contributed by atoms with E-state index < -0.39 is 0 Å². The highest BCUT2D eigenvalue weighted by Crippen LogP contribution is 2.21. The zero-order valence-corrected chi connectivity index (χ0v) is 13.7. The van der Waals surface area contributed by atoms with Crippen molar-refractivity contribution in [1.29, 1.82) is 0 Å². The summed E-state index contributed by atoms with van der Waals surface area (Å²) >= 11 is 12.1. The third-order valence-electron chi connectivity index (χ3n) is 3.30. The number of rotatable bonds is 9. The number of aryl methyl sites for hydroxylation is 2. The first-order chi connectivity index (χ1) is 9.13. The van der Waals surface area contributed by atoms with E-state index in [1.807, 2.05) is 4.68 Å². The molecule has 19 heavy (non-hydrogen) atoms. The Labute approximate surface area is 126 Å². The van der Waals surface area contributed by atoms with E-state index in [4.69, 9.17) is 23.2 Å². The van der Waals surface area contributed by atoms with Crippen LogP contribution in [0.5, 0.6) is 0 Å². The zero-order valence-electron chi connectivity index (χ0n) is 12.2. The van der Waals surface area contributed by atoms with Crippen molar-refractivity contribution in [3.05, 3.63) is 16.4 Å². The standard InChI is InChI=1S/C14H25Cl2N3/c1-4-12-14(16)13(19(5-2)18-12)10-17-8-6-7-11(3)9-15/h11,17H,4-10H2,1-3H3. The van der Waals surface area contributed by atoms with Crippen molar-refractivity contribution in [1.82, 2.24) is 15.1 Å². The minimum atomic E-state index is 0.597. The number of hydrogen-bond acceptors (Lipinski definition) is 2. The van der Waals surface area contributed by atoms with Gasteiger partial charge in [0.05, 0.1) is 16.4 Å². The van der Waals surface area contributed by atoms with Crippen LogP contribution in [0.4, 0.5) is 0 Å². The van der Waals surface area contributed by atoms with E-state index >= 15 is 0 Å². The largest absolute Gasteiger partial charge is 0.311 e. The smallest absolute Gasteiger partial charge is 0.0863 e. The minimum absolute atomic E-state index is 0.597. The SMILES string of the molecule is CCc1nn(CC)c(CNCCCC(C)CCl)c1Cl. The molecular formula is C14H25Cl2N3. The number of nitrogens with zero attached hydrogens (tertiary/aromatic N) is 2. The summed E-state index contributed by atoms with van der Waals surface area (Å²) in [4.78, 5) is 0. The van der Waals surface area contributed by atoms with Crippen LogP contribution in [0.3, 0.4) is 0 Å². The molecule has 0 aliphatic carbocycles.